The Labute approximate surface area is 123 Å². The van der Waals surface area contributed by atoms with Gasteiger partial charge in [-0.15, -0.1) is 0 Å². The number of fused-ring (bicyclic) bond motifs is 3. The maximum atomic E-state index is 12.6. The maximum Gasteiger partial charge on any atom is 0.252 e. The smallest absolute Gasteiger partial charge is 0.252 e. The number of nitrogens with one attached hydrogen (secondary N) is 2. The molecule has 2 N–H and O–H groups in total. The molecule has 1 aliphatic heterocycles. The molecule has 4 rings (SSSR count). The van der Waals surface area contributed by atoms with Gasteiger partial charge in [-0.2, -0.15) is 0 Å². The van der Waals surface area contributed by atoms with Gasteiger partial charge in [0.05, 0.1) is 16.9 Å². The van der Waals surface area contributed by atoms with Crippen LogP contribution in [0.3, 0.4) is 0 Å². The van der Waals surface area contributed by atoms with Crippen molar-refractivity contribution in [1.82, 2.24) is 10.3 Å². The van der Waals surface area contributed by atoms with Gasteiger partial charge in [-0.25, -0.2) is 0 Å². The second-order valence-corrected chi connectivity index (χ2v) is 6.08. The van der Waals surface area contributed by atoms with Crippen LogP contribution in [-0.2, 0) is 5.54 Å². The fourth-order valence-electron chi connectivity index (χ4n) is 2.91. The normalized spacial score (nSPS) is 12.5. The number of pyridine rings is 1. The number of carbonyl (C=O) groups is 1. The highest BCUT2D eigenvalue weighted by atomic mass is 16.1. The van der Waals surface area contributed by atoms with Gasteiger partial charge in [0.15, 0.2) is 0 Å². The summed E-state index contributed by atoms with van der Waals surface area (Å²) in [6.07, 6.45) is 0. The molecule has 3 nitrogen and oxygen atoms in total. The van der Waals surface area contributed by atoms with E-state index in [9.17, 15) is 4.79 Å². The van der Waals surface area contributed by atoms with Crippen molar-refractivity contribution in [3.8, 4) is 22.5 Å². The third kappa shape index (κ3) is 1.85. The summed E-state index contributed by atoms with van der Waals surface area (Å²) in [5, 5.41) is 3.14. The van der Waals surface area contributed by atoms with E-state index in [0.29, 0.717) is 0 Å². The van der Waals surface area contributed by atoms with Crippen molar-refractivity contribution < 1.29 is 4.79 Å². The van der Waals surface area contributed by atoms with Crippen molar-refractivity contribution in [3.63, 3.8) is 0 Å². The molecule has 0 fully saturated rings. The molecule has 0 saturated heterocycles. The van der Waals surface area contributed by atoms with E-state index in [2.05, 4.69) is 16.4 Å². The minimum atomic E-state index is -0.400. The molecule has 0 saturated carbocycles. The molecule has 0 bridgehead atoms. The quantitative estimate of drug-likeness (QED) is 0.588. The van der Waals surface area contributed by atoms with Crippen LogP contribution < -0.4 is 5.32 Å². The fraction of sp³-hybridized carbons (Fsp3) is 0.167. The van der Waals surface area contributed by atoms with Gasteiger partial charge in [-0.3, -0.25) is 4.79 Å². The summed E-state index contributed by atoms with van der Waals surface area (Å²) in [7, 11) is 0. The van der Waals surface area contributed by atoms with E-state index < -0.39 is 5.54 Å². The average Bonchev–Trinajstić information content (AvgIpc) is 2.94. The summed E-state index contributed by atoms with van der Waals surface area (Å²) >= 11 is 0. The minimum absolute atomic E-state index is 0.0242. The second-order valence-electron chi connectivity index (χ2n) is 6.08. The van der Waals surface area contributed by atoms with E-state index in [1.165, 1.54) is 5.69 Å². The zero-order chi connectivity index (χ0) is 14.6. The first-order valence-electron chi connectivity index (χ1n) is 7.10. The zero-order valence-electron chi connectivity index (χ0n) is 12.0. The number of carbonyl (C=O) groups excluding carboxylic acids is 1. The summed E-state index contributed by atoms with van der Waals surface area (Å²) in [6, 6.07) is 16.0. The van der Waals surface area contributed by atoms with Gasteiger partial charge in [-0.1, -0.05) is 36.4 Å². The van der Waals surface area contributed by atoms with Gasteiger partial charge >= 0.3 is 0 Å². The number of benzene rings is 1. The highest BCUT2D eigenvalue weighted by Gasteiger charge is 2.30. The van der Waals surface area contributed by atoms with Gasteiger partial charge in [0.25, 0.3) is 5.91 Å². The largest absolute Gasteiger partial charge is 0.352 e. The molecule has 21 heavy (non-hydrogen) atoms. The van der Waals surface area contributed by atoms with Crippen LogP contribution in [0.1, 0.15) is 29.8 Å². The van der Waals surface area contributed by atoms with E-state index in [4.69, 9.17) is 0 Å². The lowest BCUT2D eigenvalue weighted by atomic mass is 9.94. The number of hydrogen-bond donors (Lipinski definition) is 2. The molecule has 3 aliphatic rings. The first-order chi connectivity index (χ1) is 10.1. The monoisotopic (exact) mass is 276 g/mol. The molecule has 1 amide bonds. The van der Waals surface area contributed by atoms with Crippen molar-refractivity contribution in [2.75, 3.05) is 0 Å². The molecule has 0 atom stereocenters. The lowest BCUT2D eigenvalue weighted by Gasteiger charge is -2.27. The third-order valence-corrected chi connectivity index (χ3v) is 4.19. The predicted octanol–water partition coefficient (Wildman–Crippen LogP) is 3.77. The molecule has 1 aromatic carbocycles. The van der Waals surface area contributed by atoms with Crippen molar-refractivity contribution in [2.45, 2.75) is 19.4 Å². The Bertz CT molecular complexity index is 815. The summed E-state index contributed by atoms with van der Waals surface area (Å²) < 4.78 is 0. The molecule has 1 heterocycles. The SMILES string of the molecule is CC(C)(NC(=O)c1ccc2c3[nH]c-3cc1-2)c1ccccc1. The lowest BCUT2D eigenvalue weighted by molar-refractivity contribution is 0.0913. The van der Waals surface area contributed by atoms with Crippen LogP contribution in [0.25, 0.3) is 22.5 Å². The van der Waals surface area contributed by atoms with Crippen LogP contribution in [0.4, 0.5) is 0 Å². The van der Waals surface area contributed by atoms with E-state index in [1.807, 2.05) is 56.3 Å². The van der Waals surface area contributed by atoms with Crippen molar-refractivity contribution in [3.05, 3.63) is 59.7 Å². The van der Waals surface area contributed by atoms with Gasteiger partial charge < -0.3 is 10.3 Å². The van der Waals surface area contributed by atoms with E-state index in [-0.39, 0.29) is 5.91 Å². The number of H-pyrrole nitrogens is 1. The van der Waals surface area contributed by atoms with Crippen LogP contribution in [0.2, 0.25) is 0 Å². The maximum absolute atomic E-state index is 12.6. The topological polar surface area (TPSA) is 44.9 Å². The molecule has 0 spiro atoms. The molecule has 104 valence electrons. The first-order valence-corrected chi connectivity index (χ1v) is 7.10. The van der Waals surface area contributed by atoms with Crippen molar-refractivity contribution >= 4 is 5.91 Å². The number of amides is 1. The van der Waals surface area contributed by atoms with Crippen LogP contribution >= 0.6 is 0 Å². The highest BCUT2D eigenvalue weighted by Crippen LogP contribution is 2.45. The Morgan fingerprint density at radius 1 is 1.05 bits per heavy atom. The number of hydrogen-bond acceptors (Lipinski definition) is 1. The Kier molecular flexibility index (Phi) is 2.31. The molecule has 2 aliphatic carbocycles. The number of aromatic nitrogens is 1. The molecule has 1 aromatic rings. The summed E-state index contributed by atoms with van der Waals surface area (Å²) in [5.74, 6) is -0.0242. The third-order valence-electron chi connectivity index (χ3n) is 4.19. The van der Waals surface area contributed by atoms with Crippen LogP contribution in [0, 0.1) is 0 Å². The fourth-order valence-corrected chi connectivity index (χ4v) is 2.91. The van der Waals surface area contributed by atoms with Gasteiger partial charge in [0.1, 0.15) is 0 Å². The zero-order valence-corrected chi connectivity index (χ0v) is 12.0. The Balaban J connectivity index is 1.62. The van der Waals surface area contributed by atoms with Crippen LogP contribution in [0.5, 0.6) is 0 Å². The second kappa shape index (κ2) is 3.98. The summed E-state index contributed by atoms with van der Waals surface area (Å²) in [5.41, 5.74) is 5.96. The Hall–Kier alpha value is -2.55. The van der Waals surface area contributed by atoms with Gasteiger partial charge in [0, 0.05) is 11.1 Å². The molecule has 0 unspecified atom stereocenters. The Morgan fingerprint density at radius 3 is 2.57 bits per heavy atom. The molecular weight excluding hydrogens is 260 g/mol. The number of rotatable bonds is 3. The van der Waals surface area contributed by atoms with E-state index >= 15 is 0 Å². The number of aromatic amines is 1. The minimum Gasteiger partial charge on any atom is -0.352 e. The van der Waals surface area contributed by atoms with Crippen molar-refractivity contribution in [2.24, 2.45) is 0 Å². The molecule has 3 heteroatoms. The van der Waals surface area contributed by atoms with Gasteiger partial charge in [0.2, 0.25) is 0 Å². The van der Waals surface area contributed by atoms with Crippen LogP contribution in [-0.4, -0.2) is 10.9 Å². The average molecular weight is 276 g/mol. The van der Waals surface area contributed by atoms with E-state index in [1.54, 1.807) is 0 Å². The summed E-state index contributed by atoms with van der Waals surface area (Å²) in [4.78, 5) is 15.8. The Morgan fingerprint density at radius 2 is 1.81 bits per heavy atom. The molecule has 0 aromatic heterocycles. The van der Waals surface area contributed by atoms with Crippen LogP contribution in [0.15, 0.2) is 48.5 Å². The predicted molar refractivity (Wildman–Crippen MR) is 83.3 cm³/mol. The molecular formula is C18H16N2O. The summed E-state index contributed by atoms with van der Waals surface area (Å²) in [6.45, 7) is 4.05. The molecule has 0 radical (unpaired) electrons. The highest BCUT2D eigenvalue weighted by molar-refractivity contribution is 6.07. The lowest BCUT2D eigenvalue weighted by Crippen LogP contribution is -2.40. The van der Waals surface area contributed by atoms with E-state index in [0.717, 1.165) is 27.9 Å². The standard InChI is InChI=1S/C18H16N2O/c1-18(2,11-6-4-3-5-7-11)20-17(21)13-9-8-12-14(13)10-15-16(12)19-15/h3-10,19H,1-2H3,(H,20,21). The first kappa shape index (κ1) is 12.2. The van der Waals surface area contributed by atoms with Gasteiger partial charge in [-0.05, 0) is 37.1 Å². The van der Waals surface area contributed by atoms with Crippen molar-refractivity contribution in [1.29, 1.82) is 0 Å².